The van der Waals surface area contributed by atoms with Crippen LogP contribution in [0.25, 0.3) is 10.9 Å². The predicted octanol–water partition coefficient (Wildman–Crippen LogP) is 4.10. The van der Waals surface area contributed by atoms with Crippen molar-refractivity contribution in [3.63, 3.8) is 0 Å². The Bertz CT molecular complexity index is 744. The van der Waals surface area contributed by atoms with Crippen molar-refractivity contribution in [2.45, 2.75) is 12.0 Å². The number of alkyl halides is 1. The molecule has 1 N–H and O–H groups in total. The average Bonchev–Trinajstić information content (AvgIpc) is 2.55. The molecule has 2 aromatic carbocycles. The third-order valence-electron chi connectivity index (χ3n) is 3.79. The second-order valence-corrected chi connectivity index (χ2v) is 5.45. The topological polar surface area (TPSA) is 33.1 Å². The van der Waals surface area contributed by atoms with Gasteiger partial charge in [-0.3, -0.25) is 4.98 Å². The standard InChI is InChI=1S/C18H16ClNO/c19-11-10-18(21,15-6-2-1-3-7-15)16-8-9-17-14(13-16)5-4-12-20-17/h1-9,12-13,21H,10-11H2. The van der Waals surface area contributed by atoms with Gasteiger partial charge in [-0.2, -0.15) is 0 Å². The van der Waals surface area contributed by atoms with E-state index in [2.05, 4.69) is 4.98 Å². The summed E-state index contributed by atoms with van der Waals surface area (Å²) >= 11 is 5.93. The van der Waals surface area contributed by atoms with Crippen LogP contribution in [-0.4, -0.2) is 16.0 Å². The number of aromatic nitrogens is 1. The summed E-state index contributed by atoms with van der Waals surface area (Å²) in [5.41, 5.74) is 1.54. The summed E-state index contributed by atoms with van der Waals surface area (Å²) in [4.78, 5) is 4.32. The Morgan fingerprint density at radius 3 is 2.52 bits per heavy atom. The maximum absolute atomic E-state index is 11.2. The summed E-state index contributed by atoms with van der Waals surface area (Å²) in [6.45, 7) is 0. The molecule has 3 aromatic rings. The first-order valence-electron chi connectivity index (χ1n) is 6.93. The Hall–Kier alpha value is -1.90. The second-order valence-electron chi connectivity index (χ2n) is 5.08. The normalized spacial score (nSPS) is 14.0. The van der Waals surface area contributed by atoms with Gasteiger partial charge < -0.3 is 5.11 Å². The molecular weight excluding hydrogens is 282 g/mol. The largest absolute Gasteiger partial charge is 0.380 e. The van der Waals surface area contributed by atoms with E-state index in [1.807, 2.05) is 60.7 Å². The van der Waals surface area contributed by atoms with E-state index in [0.717, 1.165) is 22.0 Å². The molecule has 0 fully saturated rings. The number of pyridine rings is 1. The van der Waals surface area contributed by atoms with E-state index < -0.39 is 5.60 Å². The fraction of sp³-hybridized carbons (Fsp3) is 0.167. The van der Waals surface area contributed by atoms with Crippen molar-refractivity contribution in [3.8, 4) is 0 Å². The van der Waals surface area contributed by atoms with E-state index in [1.54, 1.807) is 6.20 Å². The number of hydrogen-bond acceptors (Lipinski definition) is 2. The van der Waals surface area contributed by atoms with Gasteiger partial charge >= 0.3 is 0 Å². The van der Waals surface area contributed by atoms with Crippen molar-refractivity contribution in [2.24, 2.45) is 0 Å². The van der Waals surface area contributed by atoms with Gasteiger partial charge in [0.1, 0.15) is 5.60 Å². The van der Waals surface area contributed by atoms with Crippen molar-refractivity contribution in [1.82, 2.24) is 4.98 Å². The van der Waals surface area contributed by atoms with Crippen molar-refractivity contribution in [3.05, 3.63) is 78.0 Å². The lowest BCUT2D eigenvalue weighted by molar-refractivity contribution is 0.0776. The molecule has 0 aliphatic heterocycles. The summed E-state index contributed by atoms with van der Waals surface area (Å²) in [5, 5.41) is 12.2. The van der Waals surface area contributed by atoms with Gasteiger partial charge in [0.25, 0.3) is 0 Å². The zero-order chi connectivity index (χ0) is 14.7. The van der Waals surface area contributed by atoms with Crippen LogP contribution in [-0.2, 0) is 5.60 Å². The van der Waals surface area contributed by atoms with Crippen LogP contribution >= 0.6 is 11.6 Å². The van der Waals surface area contributed by atoms with Gasteiger partial charge in [0.05, 0.1) is 5.52 Å². The van der Waals surface area contributed by atoms with Gasteiger partial charge in [0.2, 0.25) is 0 Å². The Balaban J connectivity index is 2.15. The third-order valence-corrected chi connectivity index (χ3v) is 3.98. The summed E-state index contributed by atoms with van der Waals surface area (Å²) in [7, 11) is 0. The molecule has 2 nitrogen and oxygen atoms in total. The molecule has 0 saturated carbocycles. The lowest BCUT2D eigenvalue weighted by Gasteiger charge is -2.29. The summed E-state index contributed by atoms with van der Waals surface area (Å²) in [6, 6.07) is 19.4. The smallest absolute Gasteiger partial charge is 0.116 e. The first kappa shape index (κ1) is 14.1. The monoisotopic (exact) mass is 297 g/mol. The zero-order valence-corrected chi connectivity index (χ0v) is 12.3. The number of fused-ring (bicyclic) bond motifs is 1. The van der Waals surface area contributed by atoms with Crippen LogP contribution < -0.4 is 0 Å². The van der Waals surface area contributed by atoms with Crippen molar-refractivity contribution in [2.75, 3.05) is 5.88 Å². The molecule has 0 amide bonds. The van der Waals surface area contributed by atoms with Crippen LogP contribution in [0.15, 0.2) is 66.9 Å². The van der Waals surface area contributed by atoms with Gasteiger partial charge in [-0.1, -0.05) is 42.5 Å². The fourth-order valence-electron chi connectivity index (χ4n) is 2.64. The summed E-state index contributed by atoms with van der Waals surface area (Å²) in [5.74, 6) is 0.385. The van der Waals surface area contributed by atoms with E-state index in [9.17, 15) is 5.11 Å². The van der Waals surface area contributed by atoms with Gasteiger partial charge in [0.15, 0.2) is 0 Å². The second kappa shape index (κ2) is 5.84. The van der Waals surface area contributed by atoms with E-state index in [-0.39, 0.29) is 0 Å². The minimum atomic E-state index is -1.08. The number of halogens is 1. The average molecular weight is 298 g/mol. The first-order valence-corrected chi connectivity index (χ1v) is 7.46. The molecule has 3 rings (SSSR count). The lowest BCUT2D eigenvalue weighted by atomic mass is 9.83. The van der Waals surface area contributed by atoms with Crippen LogP contribution in [0, 0.1) is 0 Å². The van der Waals surface area contributed by atoms with Gasteiger partial charge in [0, 0.05) is 17.5 Å². The highest BCUT2D eigenvalue weighted by Crippen LogP contribution is 2.34. The molecule has 1 unspecified atom stereocenters. The molecule has 1 atom stereocenters. The van der Waals surface area contributed by atoms with E-state index >= 15 is 0 Å². The Kier molecular flexibility index (Phi) is 3.91. The molecule has 3 heteroatoms. The van der Waals surface area contributed by atoms with Crippen molar-refractivity contribution >= 4 is 22.5 Å². The molecule has 21 heavy (non-hydrogen) atoms. The summed E-state index contributed by atoms with van der Waals surface area (Å²) in [6.07, 6.45) is 2.23. The first-order chi connectivity index (χ1) is 10.2. The Labute approximate surface area is 129 Å². The van der Waals surface area contributed by atoms with Crippen molar-refractivity contribution in [1.29, 1.82) is 0 Å². The van der Waals surface area contributed by atoms with Crippen molar-refractivity contribution < 1.29 is 5.11 Å². The maximum Gasteiger partial charge on any atom is 0.116 e. The molecule has 1 heterocycles. The van der Waals surface area contributed by atoms with Crippen LogP contribution in [0.5, 0.6) is 0 Å². The Morgan fingerprint density at radius 2 is 1.76 bits per heavy atom. The zero-order valence-electron chi connectivity index (χ0n) is 11.5. The fourth-order valence-corrected chi connectivity index (χ4v) is 2.91. The van der Waals surface area contributed by atoms with Gasteiger partial charge in [-0.25, -0.2) is 0 Å². The van der Waals surface area contributed by atoms with Gasteiger partial charge in [-0.15, -0.1) is 11.6 Å². The predicted molar refractivity (Wildman–Crippen MR) is 86.5 cm³/mol. The highest BCUT2D eigenvalue weighted by molar-refractivity contribution is 6.17. The van der Waals surface area contributed by atoms with Crippen LogP contribution in [0.4, 0.5) is 0 Å². The highest BCUT2D eigenvalue weighted by Gasteiger charge is 2.30. The molecular formula is C18H16ClNO. The Morgan fingerprint density at radius 1 is 0.952 bits per heavy atom. The quantitative estimate of drug-likeness (QED) is 0.736. The van der Waals surface area contributed by atoms with E-state index in [0.29, 0.717) is 12.3 Å². The molecule has 106 valence electrons. The van der Waals surface area contributed by atoms with Crippen LogP contribution in [0.1, 0.15) is 17.5 Å². The summed E-state index contributed by atoms with van der Waals surface area (Å²) < 4.78 is 0. The molecule has 0 spiro atoms. The third kappa shape index (κ3) is 2.65. The number of nitrogens with zero attached hydrogens (tertiary/aromatic N) is 1. The van der Waals surface area contributed by atoms with Gasteiger partial charge in [-0.05, 0) is 35.7 Å². The van der Waals surface area contributed by atoms with Crippen LogP contribution in [0.2, 0.25) is 0 Å². The maximum atomic E-state index is 11.2. The molecule has 0 aliphatic carbocycles. The molecule has 0 aliphatic rings. The highest BCUT2D eigenvalue weighted by atomic mass is 35.5. The lowest BCUT2D eigenvalue weighted by Crippen LogP contribution is -2.27. The number of aliphatic hydroxyl groups is 1. The van der Waals surface area contributed by atoms with E-state index in [4.69, 9.17) is 11.6 Å². The van der Waals surface area contributed by atoms with E-state index in [1.165, 1.54) is 0 Å². The minimum Gasteiger partial charge on any atom is -0.380 e. The SMILES string of the molecule is OC(CCCl)(c1ccccc1)c1ccc2ncccc2c1. The van der Waals surface area contributed by atoms with Crippen LogP contribution in [0.3, 0.4) is 0 Å². The molecule has 0 saturated heterocycles. The number of hydrogen-bond donors (Lipinski definition) is 1. The number of benzene rings is 2. The molecule has 0 bridgehead atoms. The molecule has 0 radical (unpaired) electrons. The number of rotatable bonds is 4. The minimum absolute atomic E-state index is 0.385. The molecule has 1 aromatic heterocycles.